The molecule has 2 rings (SSSR count). The van der Waals surface area contributed by atoms with Crippen molar-refractivity contribution in [3.8, 4) is 5.75 Å². The minimum Gasteiger partial charge on any atom is -0.490 e. The Kier molecular flexibility index (Phi) is 5.00. The molecule has 0 aromatic carbocycles. The van der Waals surface area contributed by atoms with E-state index in [9.17, 15) is 0 Å². The lowest BCUT2D eigenvalue weighted by Gasteiger charge is -2.25. The van der Waals surface area contributed by atoms with Crippen molar-refractivity contribution < 1.29 is 4.74 Å². The number of aromatic nitrogens is 2. The Morgan fingerprint density at radius 2 is 2.00 bits per heavy atom. The van der Waals surface area contributed by atoms with E-state index in [1.54, 1.807) is 13.4 Å². The molecule has 0 aliphatic heterocycles. The van der Waals surface area contributed by atoms with Crippen molar-refractivity contribution in [2.75, 3.05) is 37.9 Å². The van der Waals surface area contributed by atoms with Crippen LogP contribution >= 0.6 is 0 Å². The zero-order valence-corrected chi connectivity index (χ0v) is 12.8. The van der Waals surface area contributed by atoms with Crippen LogP contribution in [0.5, 0.6) is 5.75 Å². The molecule has 1 fully saturated rings. The molecule has 6 nitrogen and oxygen atoms in total. The van der Waals surface area contributed by atoms with Crippen LogP contribution in [0.15, 0.2) is 6.33 Å². The Bertz CT molecular complexity index is 436. The molecular formula is C14H25N5O. The summed E-state index contributed by atoms with van der Waals surface area (Å²) in [4.78, 5) is 10.9. The van der Waals surface area contributed by atoms with E-state index >= 15 is 0 Å². The van der Waals surface area contributed by atoms with Crippen LogP contribution in [-0.4, -0.2) is 54.2 Å². The predicted molar refractivity (Wildman–Crippen MR) is 81.5 cm³/mol. The van der Waals surface area contributed by atoms with Crippen LogP contribution in [0.4, 0.5) is 11.6 Å². The lowest BCUT2D eigenvalue weighted by atomic mass is 10.3. The highest BCUT2D eigenvalue weighted by Crippen LogP contribution is 2.30. The fraction of sp³-hybridized carbons (Fsp3) is 0.714. The van der Waals surface area contributed by atoms with E-state index in [1.165, 1.54) is 12.8 Å². The molecule has 1 atom stereocenters. The highest BCUT2D eigenvalue weighted by Gasteiger charge is 2.29. The van der Waals surface area contributed by atoms with Crippen LogP contribution < -0.4 is 15.4 Å². The molecule has 112 valence electrons. The molecule has 1 unspecified atom stereocenters. The van der Waals surface area contributed by atoms with Gasteiger partial charge in [0.2, 0.25) is 5.75 Å². The first-order valence-corrected chi connectivity index (χ1v) is 7.26. The molecule has 0 spiro atoms. The molecule has 1 aromatic heterocycles. The summed E-state index contributed by atoms with van der Waals surface area (Å²) in [6, 6.07) is 1.22. The van der Waals surface area contributed by atoms with Crippen molar-refractivity contribution in [3.63, 3.8) is 0 Å². The Morgan fingerprint density at radius 3 is 2.55 bits per heavy atom. The first kappa shape index (κ1) is 14.8. The number of nitrogens with one attached hydrogen (secondary N) is 2. The van der Waals surface area contributed by atoms with Crippen molar-refractivity contribution in [2.24, 2.45) is 0 Å². The van der Waals surface area contributed by atoms with Gasteiger partial charge in [-0.2, -0.15) is 0 Å². The van der Waals surface area contributed by atoms with E-state index in [0.717, 1.165) is 30.8 Å². The van der Waals surface area contributed by atoms with Gasteiger partial charge in [0.1, 0.15) is 6.33 Å². The molecule has 6 heteroatoms. The van der Waals surface area contributed by atoms with Gasteiger partial charge in [0.25, 0.3) is 0 Å². The summed E-state index contributed by atoms with van der Waals surface area (Å²) in [6.45, 7) is 5.89. The van der Waals surface area contributed by atoms with Crippen LogP contribution in [-0.2, 0) is 0 Å². The zero-order chi connectivity index (χ0) is 14.5. The highest BCUT2D eigenvalue weighted by molar-refractivity contribution is 5.63. The van der Waals surface area contributed by atoms with E-state index in [4.69, 9.17) is 4.74 Å². The number of nitrogens with zero attached hydrogens (tertiary/aromatic N) is 3. The van der Waals surface area contributed by atoms with Gasteiger partial charge in [-0.05, 0) is 33.7 Å². The van der Waals surface area contributed by atoms with Crippen LogP contribution in [0.1, 0.15) is 26.7 Å². The Balaban J connectivity index is 1.99. The maximum atomic E-state index is 5.42. The fourth-order valence-corrected chi connectivity index (χ4v) is 2.22. The minimum atomic E-state index is 0.463. The largest absolute Gasteiger partial charge is 0.490 e. The standard InChI is InChI=1S/C14H25N5O/c1-5-15-13-12(20-4)14(18-9-17-13)16-8-10(2)19(3)11-6-7-11/h9-11H,5-8H2,1-4H3,(H2,15,16,17,18). The van der Waals surface area contributed by atoms with E-state index in [1.807, 2.05) is 6.92 Å². The Labute approximate surface area is 120 Å². The van der Waals surface area contributed by atoms with Crippen molar-refractivity contribution in [1.82, 2.24) is 14.9 Å². The van der Waals surface area contributed by atoms with Crippen molar-refractivity contribution in [2.45, 2.75) is 38.8 Å². The first-order valence-electron chi connectivity index (χ1n) is 7.26. The van der Waals surface area contributed by atoms with Gasteiger partial charge in [-0.3, -0.25) is 4.90 Å². The van der Waals surface area contributed by atoms with Crippen LogP contribution in [0.3, 0.4) is 0 Å². The van der Waals surface area contributed by atoms with E-state index in [-0.39, 0.29) is 0 Å². The molecule has 2 N–H and O–H groups in total. The predicted octanol–water partition coefficient (Wildman–Crippen LogP) is 1.81. The summed E-state index contributed by atoms with van der Waals surface area (Å²) in [6.07, 6.45) is 4.20. The number of ether oxygens (including phenoxy) is 1. The Hall–Kier alpha value is -1.56. The summed E-state index contributed by atoms with van der Waals surface area (Å²) in [5.41, 5.74) is 0. The summed E-state index contributed by atoms with van der Waals surface area (Å²) in [7, 11) is 3.83. The molecule has 1 aliphatic carbocycles. The summed E-state index contributed by atoms with van der Waals surface area (Å²) in [5, 5.41) is 6.55. The number of hydrogen-bond acceptors (Lipinski definition) is 6. The van der Waals surface area contributed by atoms with Crippen LogP contribution in [0.25, 0.3) is 0 Å². The van der Waals surface area contributed by atoms with Gasteiger partial charge in [-0.1, -0.05) is 0 Å². The van der Waals surface area contributed by atoms with Gasteiger partial charge in [-0.15, -0.1) is 0 Å². The smallest absolute Gasteiger partial charge is 0.204 e. The molecule has 0 radical (unpaired) electrons. The number of methoxy groups -OCH3 is 1. The van der Waals surface area contributed by atoms with Gasteiger partial charge in [0, 0.05) is 25.2 Å². The maximum absolute atomic E-state index is 5.42. The molecule has 0 amide bonds. The molecule has 20 heavy (non-hydrogen) atoms. The average molecular weight is 279 g/mol. The van der Waals surface area contributed by atoms with E-state index in [0.29, 0.717) is 11.8 Å². The quantitative estimate of drug-likeness (QED) is 0.757. The van der Waals surface area contributed by atoms with Crippen molar-refractivity contribution >= 4 is 11.6 Å². The summed E-state index contributed by atoms with van der Waals surface area (Å²) < 4.78 is 5.42. The van der Waals surface area contributed by atoms with Gasteiger partial charge >= 0.3 is 0 Å². The van der Waals surface area contributed by atoms with Crippen LogP contribution in [0.2, 0.25) is 0 Å². The number of anilines is 2. The van der Waals surface area contributed by atoms with Crippen LogP contribution in [0, 0.1) is 0 Å². The van der Waals surface area contributed by atoms with Gasteiger partial charge in [-0.25, -0.2) is 9.97 Å². The summed E-state index contributed by atoms with van der Waals surface area (Å²) >= 11 is 0. The molecule has 1 aromatic rings. The lowest BCUT2D eigenvalue weighted by Crippen LogP contribution is -2.36. The average Bonchev–Trinajstić information content (AvgIpc) is 3.29. The summed E-state index contributed by atoms with van der Waals surface area (Å²) in [5.74, 6) is 2.15. The van der Waals surface area contributed by atoms with Gasteiger partial charge < -0.3 is 15.4 Å². The molecule has 1 aliphatic rings. The second-order valence-electron chi connectivity index (χ2n) is 5.26. The fourth-order valence-electron chi connectivity index (χ4n) is 2.22. The third-order valence-corrected chi connectivity index (χ3v) is 3.74. The lowest BCUT2D eigenvalue weighted by molar-refractivity contribution is 0.257. The molecule has 0 bridgehead atoms. The van der Waals surface area contributed by atoms with Crippen molar-refractivity contribution in [1.29, 1.82) is 0 Å². The second kappa shape index (κ2) is 6.74. The topological polar surface area (TPSA) is 62.3 Å². The molecule has 0 saturated heterocycles. The first-order chi connectivity index (χ1) is 9.67. The molecule has 1 saturated carbocycles. The van der Waals surface area contributed by atoms with E-state index in [2.05, 4.69) is 39.5 Å². The highest BCUT2D eigenvalue weighted by atomic mass is 16.5. The normalized spacial score (nSPS) is 16.1. The Morgan fingerprint density at radius 1 is 1.35 bits per heavy atom. The number of likely N-dealkylation sites (N-methyl/N-ethyl adjacent to an activating group) is 1. The minimum absolute atomic E-state index is 0.463. The second-order valence-corrected chi connectivity index (χ2v) is 5.26. The molecular weight excluding hydrogens is 254 g/mol. The SMILES string of the molecule is CCNc1ncnc(NCC(C)N(C)C2CC2)c1OC. The van der Waals surface area contributed by atoms with Gasteiger partial charge in [0.05, 0.1) is 7.11 Å². The van der Waals surface area contributed by atoms with E-state index < -0.39 is 0 Å². The third kappa shape index (κ3) is 3.50. The molecule has 1 heterocycles. The zero-order valence-electron chi connectivity index (χ0n) is 12.8. The number of rotatable bonds is 8. The van der Waals surface area contributed by atoms with Gasteiger partial charge in [0.15, 0.2) is 11.6 Å². The maximum Gasteiger partial charge on any atom is 0.204 e. The third-order valence-electron chi connectivity index (χ3n) is 3.74. The number of hydrogen-bond donors (Lipinski definition) is 2. The monoisotopic (exact) mass is 279 g/mol. The van der Waals surface area contributed by atoms with Crippen molar-refractivity contribution in [3.05, 3.63) is 6.33 Å².